The zero-order valence-corrected chi connectivity index (χ0v) is 25.1. The molecule has 4 aromatic rings. The number of fused-ring (bicyclic) bond motifs is 3. The lowest BCUT2D eigenvalue weighted by Gasteiger charge is -2.35. The highest BCUT2D eigenvalue weighted by Gasteiger charge is 2.33. The standard InChI is InChI=1S/C36H46F3N/c1-7-10-11-20-34(4,5)31(27-14-16-28(17-15-27)36(37,38)39)21-25-12-18-29-30-19-13-26(24-35(6,8-2)9-3)23-33(30)40-32(29)22-25/h12-19,22-23,31,40H,7-11,20-21,24H2,1-6H3. The van der Waals surface area contributed by atoms with E-state index in [1.165, 1.54) is 46.0 Å². The Morgan fingerprint density at radius 1 is 0.725 bits per heavy atom. The molecule has 4 rings (SSSR count). The molecular weight excluding hydrogens is 503 g/mol. The fraction of sp³-hybridized carbons (Fsp3) is 0.500. The zero-order chi connectivity index (χ0) is 29.1. The Labute approximate surface area is 238 Å². The zero-order valence-electron chi connectivity index (χ0n) is 25.1. The normalized spacial score (nSPS) is 13.8. The smallest absolute Gasteiger partial charge is 0.354 e. The van der Waals surface area contributed by atoms with E-state index in [1.54, 1.807) is 12.1 Å². The van der Waals surface area contributed by atoms with Crippen molar-refractivity contribution >= 4 is 21.8 Å². The van der Waals surface area contributed by atoms with Gasteiger partial charge in [-0.3, -0.25) is 0 Å². The van der Waals surface area contributed by atoms with Crippen LogP contribution in [-0.4, -0.2) is 4.98 Å². The number of halogens is 3. The third kappa shape index (κ3) is 6.75. The quantitative estimate of drug-likeness (QED) is 0.169. The lowest BCUT2D eigenvalue weighted by molar-refractivity contribution is -0.137. The van der Waals surface area contributed by atoms with Crippen LogP contribution >= 0.6 is 0 Å². The van der Waals surface area contributed by atoms with Crippen molar-refractivity contribution < 1.29 is 13.2 Å². The minimum Gasteiger partial charge on any atom is -0.354 e. The maximum atomic E-state index is 13.3. The number of hydrogen-bond acceptors (Lipinski definition) is 0. The Kier molecular flexibility index (Phi) is 9.07. The summed E-state index contributed by atoms with van der Waals surface area (Å²) < 4.78 is 39.8. The second-order valence-corrected chi connectivity index (χ2v) is 12.9. The lowest BCUT2D eigenvalue weighted by atomic mass is 9.69. The maximum absolute atomic E-state index is 13.3. The SMILES string of the molecule is CCCCCC(C)(C)C(Cc1ccc2c(c1)[nH]c1cc(CC(C)(CC)CC)ccc12)c1ccc(C(F)(F)F)cc1. The number of aromatic amines is 1. The third-order valence-corrected chi connectivity index (χ3v) is 9.51. The van der Waals surface area contributed by atoms with Gasteiger partial charge >= 0.3 is 6.18 Å². The molecule has 1 nitrogen and oxygen atoms in total. The summed E-state index contributed by atoms with van der Waals surface area (Å²) in [5.41, 5.74) is 5.50. The summed E-state index contributed by atoms with van der Waals surface area (Å²) in [4.78, 5) is 3.67. The van der Waals surface area contributed by atoms with Crippen LogP contribution in [0.2, 0.25) is 0 Å². The molecular formula is C36H46F3N. The van der Waals surface area contributed by atoms with Gasteiger partial charge in [-0.2, -0.15) is 13.2 Å². The number of nitrogens with one attached hydrogen (secondary N) is 1. The molecule has 0 aliphatic carbocycles. The van der Waals surface area contributed by atoms with Crippen molar-refractivity contribution in [3.63, 3.8) is 0 Å². The van der Waals surface area contributed by atoms with E-state index < -0.39 is 11.7 Å². The molecule has 4 heteroatoms. The van der Waals surface area contributed by atoms with Gasteiger partial charge in [-0.1, -0.05) is 110 Å². The van der Waals surface area contributed by atoms with E-state index in [9.17, 15) is 13.2 Å². The van der Waals surface area contributed by atoms with Crippen molar-refractivity contribution in [2.45, 2.75) is 105 Å². The van der Waals surface area contributed by atoms with Gasteiger partial charge in [0.25, 0.3) is 0 Å². The highest BCUT2D eigenvalue weighted by molar-refractivity contribution is 6.07. The second-order valence-electron chi connectivity index (χ2n) is 12.9. The van der Waals surface area contributed by atoms with Crippen molar-refractivity contribution in [3.8, 4) is 0 Å². The van der Waals surface area contributed by atoms with Gasteiger partial charge in [0.2, 0.25) is 0 Å². The van der Waals surface area contributed by atoms with E-state index in [1.807, 2.05) is 0 Å². The summed E-state index contributed by atoms with van der Waals surface area (Å²) in [6, 6.07) is 19.3. The van der Waals surface area contributed by atoms with E-state index in [2.05, 4.69) is 82.9 Å². The Morgan fingerprint density at radius 3 is 1.85 bits per heavy atom. The number of H-pyrrole nitrogens is 1. The first-order valence-electron chi connectivity index (χ1n) is 15.1. The van der Waals surface area contributed by atoms with Gasteiger partial charge in [0, 0.05) is 21.8 Å². The first-order valence-corrected chi connectivity index (χ1v) is 15.1. The molecule has 216 valence electrons. The average Bonchev–Trinajstić information content (AvgIpc) is 3.28. The molecule has 0 radical (unpaired) electrons. The second kappa shape index (κ2) is 12.0. The van der Waals surface area contributed by atoms with Crippen LogP contribution in [0.5, 0.6) is 0 Å². The summed E-state index contributed by atoms with van der Waals surface area (Å²) in [6.07, 6.45) is 4.33. The van der Waals surface area contributed by atoms with Crippen molar-refractivity contribution in [1.82, 2.24) is 4.98 Å². The molecule has 0 bridgehead atoms. The van der Waals surface area contributed by atoms with Crippen LogP contribution in [0.15, 0.2) is 60.7 Å². The molecule has 0 fully saturated rings. The first-order chi connectivity index (χ1) is 18.9. The topological polar surface area (TPSA) is 15.8 Å². The van der Waals surface area contributed by atoms with Crippen LogP contribution in [-0.2, 0) is 19.0 Å². The first kappa shape index (κ1) is 30.2. The van der Waals surface area contributed by atoms with Crippen LogP contribution in [0.25, 0.3) is 21.8 Å². The van der Waals surface area contributed by atoms with Crippen molar-refractivity contribution in [2.75, 3.05) is 0 Å². The van der Waals surface area contributed by atoms with Crippen molar-refractivity contribution in [3.05, 3.63) is 82.9 Å². The number of rotatable bonds is 12. The van der Waals surface area contributed by atoms with E-state index in [0.717, 1.165) is 56.0 Å². The highest BCUT2D eigenvalue weighted by Crippen LogP contribution is 2.43. The maximum Gasteiger partial charge on any atom is 0.416 e. The summed E-state index contributed by atoms with van der Waals surface area (Å²) in [5.74, 6) is 0.112. The highest BCUT2D eigenvalue weighted by atomic mass is 19.4. The van der Waals surface area contributed by atoms with E-state index in [0.29, 0.717) is 5.41 Å². The Morgan fingerprint density at radius 2 is 1.30 bits per heavy atom. The third-order valence-electron chi connectivity index (χ3n) is 9.51. The number of alkyl halides is 3. The van der Waals surface area contributed by atoms with E-state index in [4.69, 9.17) is 0 Å². The Bertz CT molecular complexity index is 1400. The molecule has 0 amide bonds. The fourth-order valence-electron chi connectivity index (χ4n) is 6.22. The van der Waals surface area contributed by atoms with Gasteiger partial charge in [0.15, 0.2) is 0 Å². The van der Waals surface area contributed by atoms with Crippen molar-refractivity contribution in [2.24, 2.45) is 10.8 Å². The molecule has 0 saturated carbocycles. The molecule has 1 heterocycles. The predicted octanol–water partition coefficient (Wildman–Crippen LogP) is 11.6. The number of benzene rings is 3. The number of hydrogen-bond donors (Lipinski definition) is 1. The van der Waals surface area contributed by atoms with E-state index in [-0.39, 0.29) is 11.3 Å². The minimum absolute atomic E-state index is 0.0512. The van der Waals surface area contributed by atoms with Gasteiger partial charge in [0.05, 0.1) is 5.56 Å². The molecule has 1 unspecified atom stereocenters. The molecule has 0 saturated heterocycles. The molecule has 0 aliphatic rings. The Balaban J connectivity index is 1.67. The lowest BCUT2D eigenvalue weighted by Crippen LogP contribution is -2.24. The number of unbranched alkanes of at least 4 members (excludes halogenated alkanes) is 2. The largest absolute Gasteiger partial charge is 0.416 e. The van der Waals surface area contributed by atoms with Crippen LogP contribution < -0.4 is 0 Å². The van der Waals surface area contributed by atoms with Gasteiger partial charge in [-0.05, 0) is 77.0 Å². The molecule has 40 heavy (non-hydrogen) atoms. The summed E-state index contributed by atoms with van der Waals surface area (Å²) in [5, 5.41) is 2.45. The molecule has 1 atom stereocenters. The molecule has 0 spiro atoms. The summed E-state index contributed by atoms with van der Waals surface area (Å²) >= 11 is 0. The van der Waals surface area contributed by atoms with E-state index >= 15 is 0 Å². The monoisotopic (exact) mass is 549 g/mol. The molecule has 0 aliphatic heterocycles. The van der Waals surface area contributed by atoms with Crippen molar-refractivity contribution in [1.29, 1.82) is 0 Å². The summed E-state index contributed by atoms with van der Waals surface area (Å²) in [7, 11) is 0. The van der Waals surface area contributed by atoms with Gasteiger partial charge in [-0.25, -0.2) is 0 Å². The summed E-state index contributed by atoms with van der Waals surface area (Å²) in [6.45, 7) is 13.7. The Hall–Kier alpha value is -2.75. The van der Waals surface area contributed by atoms with Crippen LogP contribution in [0.1, 0.15) is 108 Å². The fourth-order valence-corrected chi connectivity index (χ4v) is 6.22. The molecule has 1 aromatic heterocycles. The van der Waals surface area contributed by atoms with Crippen LogP contribution in [0.4, 0.5) is 13.2 Å². The van der Waals surface area contributed by atoms with Gasteiger partial charge < -0.3 is 4.98 Å². The predicted molar refractivity (Wildman–Crippen MR) is 164 cm³/mol. The van der Waals surface area contributed by atoms with Crippen LogP contribution in [0, 0.1) is 10.8 Å². The number of aromatic nitrogens is 1. The minimum atomic E-state index is -4.32. The van der Waals surface area contributed by atoms with Gasteiger partial charge in [0.1, 0.15) is 0 Å². The molecule has 3 aromatic carbocycles. The molecule has 1 N–H and O–H groups in total. The average molecular weight is 550 g/mol. The van der Waals surface area contributed by atoms with Crippen LogP contribution in [0.3, 0.4) is 0 Å². The van der Waals surface area contributed by atoms with Gasteiger partial charge in [-0.15, -0.1) is 0 Å².